The normalized spacial score (nSPS) is 50.0. The van der Waals surface area contributed by atoms with Gasteiger partial charge in [0.15, 0.2) is 0 Å². The van der Waals surface area contributed by atoms with Crippen molar-refractivity contribution in [2.45, 2.75) is 44.9 Å². The molecule has 1 saturated heterocycles. The lowest BCUT2D eigenvalue weighted by Gasteiger charge is -2.57. The Hall–Kier alpha value is 0.310. The maximum absolute atomic E-state index is 3.50. The fraction of sp³-hybridized carbons (Fsp3) is 1.00. The van der Waals surface area contributed by atoms with Crippen LogP contribution in [0.5, 0.6) is 0 Å². The molecule has 102 valence electrons. The molecule has 4 aliphatic carbocycles. The average Bonchev–Trinajstić information content (AvgIpc) is 2.79. The molecule has 0 aromatic carbocycles. The molecule has 1 N–H and O–H groups in total. The summed E-state index contributed by atoms with van der Waals surface area (Å²) >= 11 is 2.30. The summed E-state index contributed by atoms with van der Waals surface area (Å²) < 4.78 is 0. The van der Waals surface area contributed by atoms with Crippen molar-refractivity contribution in [2.75, 3.05) is 24.6 Å². The predicted molar refractivity (Wildman–Crippen MR) is 78.9 cm³/mol. The van der Waals surface area contributed by atoms with Gasteiger partial charge in [-0.3, -0.25) is 0 Å². The van der Waals surface area contributed by atoms with Crippen LogP contribution in [-0.2, 0) is 0 Å². The lowest BCUT2D eigenvalue weighted by Crippen LogP contribution is -2.47. The summed E-state index contributed by atoms with van der Waals surface area (Å²) in [6, 6.07) is 0. The quantitative estimate of drug-likeness (QED) is 0.834. The molecular weight excluding hydrogens is 238 g/mol. The minimum Gasteiger partial charge on any atom is -0.316 e. The van der Waals surface area contributed by atoms with Gasteiger partial charge in [0.2, 0.25) is 0 Å². The van der Waals surface area contributed by atoms with Gasteiger partial charge in [-0.2, -0.15) is 11.8 Å². The molecule has 0 amide bonds. The monoisotopic (exact) mass is 265 g/mol. The highest BCUT2D eigenvalue weighted by molar-refractivity contribution is 7.99. The van der Waals surface area contributed by atoms with E-state index >= 15 is 0 Å². The SMILES string of the molecule is C1CC(CSCC23CC4CC(CC(C4)C2)C3)CN1. The summed E-state index contributed by atoms with van der Waals surface area (Å²) in [5.74, 6) is 7.28. The van der Waals surface area contributed by atoms with E-state index < -0.39 is 0 Å². The Morgan fingerprint density at radius 2 is 1.67 bits per heavy atom. The van der Waals surface area contributed by atoms with Gasteiger partial charge < -0.3 is 5.32 Å². The first-order valence-electron chi connectivity index (χ1n) is 8.10. The highest BCUT2D eigenvalue weighted by atomic mass is 32.2. The smallest absolute Gasteiger partial charge is 0.00104 e. The van der Waals surface area contributed by atoms with Crippen molar-refractivity contribution in [2.24, 2.45) is 29.1 Å². The first-order valence-corrected chi connectivity index (χ1v) is 9.25. The van der Waals surface area contributed by atoms with Crippen molar-refractivity contribution in [1.82, 2.24) is 5.32 Å². The van der Waals surface area contributed by atoms with Gasteiger partial charge in [-0.1, -0.05) is 0 Å². The number of hydrogen-bond donors (Lipinski definition) is 1. The minimum atomic E-state index is 0.797. The average molecular weight is 265 g/mol. The zero-order valence-corrected chi connectivity index (χ0v) is 12.3. The van der Waals surface area contributed by atoms with Gasteiger partial charge in [-0.05, 0) is 98.6 Å². The summed E-state index contributed by atoms with van der Waals surface area (Å²) in [5, 5.41) is 3.50. The standard InChI is InChI=1S/C16H27NS/c1-2-17-9-12(1)10-18-11-16-6-13-3-14(7-16)5-15(4-13)8-16/h12-15,17H,1-11H2. The first-order chi connectivity index (χ1) is 8.81. The van der Waals surface area contributed by atoms with Crippen molar-refractivity contribution in [3.63, 3.8) is 0 Å². The van der Waals surface area contributed by atoms with Crippen molar-refractivity contribution in [3.05, 3.63) is 0 Å². The van der Waals surface area contributed by atoms with E-state index in [4.69, 9.17) is 0 Å². The summed E-state index contributed by atoms with van der Waals surface area (Å²) in [6.07, 6.45) is 11.0. The third kappa shape index (κ3) is 2.24. The third-order valence-corrected chi connectivity index (χ3v) is 7.61. The number of rotatable bonds is 4. The fourth-order valence-corrected chi connectivity index (χ4v) is 7.29. The van der Waals surface area contributed by atoms with E-state index in [1.165, 1.54) is 31.0 Å². The number of nitrogens with one attached hydrogen (secondary N) is 1. The van der Waals surface area contributed by atoms with E-state index in [1.807, 2.05) is 0 Å². The summed E-state index contributed by atoms with van der Waals surface area (Å²) in [6.45, 7) is 2.55. The van der Waals surface area contributed by atoms with Crippen molar-refractivity contribution >= 4 is 11.8 Å². The van der Waals surface area contributed by atoms with Crippen LogP contribution < -0.4 is 5.32 Å². The molecule has 1 aliphatic heterocycles. The Balaban J connectivity index is 1.33. The second-order valence-corrected chi connectivity index (χ2v) is 8.82. The van der Waals surface area contributed by atoms with Crippen LogP contribution in [0, 0.1) is 29.1 Å². The molecule has 1 nitrogen and oxygen atoms in total. The van der Waals surface area contributed by atoms with E-state index in [2.05, 4.69) is 17.1 Å². The van der Waals surface area contributed by atoms with Crippen LogP contribution in [-0.4, -0.2) is 24.6 Å². The maximum Gasteiger partial charge on any atom is -0.00104 e. The van der Waals surface area contributed by atoms with E-state index in [9.17, 15) is 0 Å². The summed E-state index contributed by atoms with van der Waals surface area (Å²) in [7, 11) is 0. The number of hydrogen-bond acceptors (Lipinski definition) is 2. The van der Waals surface area contributed by atoms with Crippen LogP contribution in [0.2, 0.25) is 0 Å². The van der Waals surface area contributed by atoms with Crippen LogP contribution in [0.4, 0.5) is 0 Å². The van der Waals surface area contributed by atoms with Crippen LogP contribution in [0.25, 0.3) is 0 Å². The van der Waals surface area contributed by atoms with E-state index in [0.29, 0.717) is 0 Å². The Morgan fingerprint density at radius 1 is 1.00 bits per heavy atom. The predicted octanol–water partition coefficient (Wildman–Crippen LogP) is 3.55. The van der Waals surface area contributed by atoms with Gasteiger partial charge in [0.25, 0.3) is 0 Å². The molecule has 4 bridgehead atoms. The van der Waals surface area contributed by atoms with E-state index in [-0.39, 0.29) is 0 Å². The molecule has 1 atom stereocenters. The molecule has 0 radical (unpaired) electrons. The largest absolute Gasteiger partial charge is 0.316 e. The second kappa shape index (κ2) is 4.70. The molecule has 0 aromatic rings. The zero-order chi connectivity index (χ0) is 12.0. The molecule has 1 heterocycles. The molecule has 5 rings (SSSR count). The van der Waals surface area contributed by atoms with Gasteiger partial charge in [0.1, 0.15) is 0 Å². The van der Waals surface area contributed by atoms with Gasteiger partial charge in [0.05, 0.1) is 0 Å². The molecule has 5 aliphatic rings. The van der Waals surface area contributed by atoms with E-state index in [1.54, 1.807) is 38.5 Å². The van der Waals surface area contributed by atoms with Crippen LogP contribution in [0.1, 0.15) is 44.9 Å². The lowest BCUT2D eigenvalue weighted by atomic mass is 9.50. The highest BCUT2D eigenvalue weighted by Crippen LogP contribution is 2.60. The second-order valence-electron chi connectivity index (χ2n) is 7.79. The first kappa shape index (κ1) is 12.1. The van der Waals surface area contributed by atoms with Crippen molar-refractivity contribution < 1.29 is 0 Å². The molecule has 0 aromatic heterocycles. The Bertz CT molecular complexity index is 273. The third-order valence-electron chi connectivity index (χ3n) is 6.09. The molecular formula is C16H27NS. The van der Waals surface area contributed by atoms with Gasteiger partial charge >= 0.3 is 0 Å². The highest BCUT2D eigenvalue weighted by Gasteiger charge is 2.50. The van der Waals surface area contributed by atoms with Gasteiger partial charge in [0, 0.05) is 0 Å². The zero-order valence-electron chi connectivity index (χ0n) is 11.5. The molecule has 2 heteroatoms. The fourth-order valence-electron chi connectivity index (χ4n) is 5.77. The lowest BCUT2D eigenvalue weighted by molar-refractivity contribution is -0.0381. The van der Waals surface area contributed by atoms with E-state index in [0.717, 1.165) is 29.1 Å². The van der Waals surface area contributed by atoms with Crippen LogP contribution in [0.15, 0.2) is 0 Å². The molecule has 0 spiro atoms. The summed E-state index contributed by atoms with van der Waals surface area (Å²) in [5.41, 5.74) is 0.797. The van der Waals surface area contributed by atoms with Gasteiger partial charge in [-0.15, -0.1) is 0 Å². The Kier molecular flexibility index (Phi) is 3.15. The number of thioether (sulfide) groups is 1. The minimum absolute atomic E-state index is 0.797. The summed E-state index contributed by atoms with van der Waals surface area (Å²) in [4.78, 5) is 0. The maximum atomic E-state index is 3.50. The molecule has 18 heavy (non-hydrogen) atoms. The van der Waals surface area contributed by atoms with Gasteiger partial charge in [-0.25, -0.2) is 0 Å². The molecule has 5 fully saturated rings. The topological polar surface area (TPSA) is 12.0 Å². The van der Waals surface area contributed by atoms with Crippen molar-refractivity contribution in [3.8, 4) is 0 Å². The van der Waals surface area contributed by atoms with Crippen molar-refractivity contribution in [1.29, 1.82) is 0 Å². The molecule has 4 saturated carbocycles. The van der Waals surface area contributed by atoms with Crippen LogP contribution in [0.3, 0.4) is 0 Å². The molecule has 1 unspecified atom stereocenters. The Morgan fingerprint density at radius 3 is 2.22 bits per heavy atom. The Labute approximate surface area is 116 Å². The van der Waals surface area contributed by atoms with Crippen LogP contribution >= 0.6 is 11.8 Å².